The molecule has 148 valence electrons. The highest BCUT2D eigenvalue weighted by Crippen LogP contribution is 2.36. The van der Waals surface area contributed by atoms with Crippen molar-refractivity contribution < 1.29 is 22.1 Å². The average Bonchev–Trinajstić information content (AvgIpc) is 2.64. The van der Waals surface area contributed by atoms with Gasteiger partial charge in [-0.1, -0.05) is 23.8 Å². The normalized spacial score (nSPS) is 14.8. The standard InChI is InChI=1S/C19H18F2N2O4S/c1-28(26,27)18-4-2-3-17(19(18)23(24)25)22-9-7-13(8-10-22)11-14-5-6-15(20)16(21)12-14/h2-6,11-12H,7-10H2,1H3. The lowest BCUT2D eigenvalue weighted by Gasteiger charge is -2.30. The molecule has 9 heteroatoms. The summed E-state index contributed by atoms with van der Waals surface area (Å²) in [4.78, 5) is 12.3. The van der Waals surface area contributed by atoms with Gasteiger partial charge in [0, 0.05) is 19.3 Å². The van der Waals surface area contributed by atoms with Gasteiger partial charge in [0.1, 0.15) is 10.6 Å². The summed E-state index contributed by atoms with van der Waals surface area (Å²) in [5.74, 6) is -1.82. The largest absolute Gasteiger partial charge is 0.365 e. The van der Waals surface area contributed by atoms with Crippen molar-refractivity contribution >= 4 is 27.3 Å². The highest BCUT2D eigenvalue weighted by Gasteiger charge is 2.29. The first kappa shape index (κ1) is 19.9. The summed E-state index contributed by atoms with van der Waals surface area (Å²) in [6, 6.07) is 7.93. The van der Waals surface area contributed by atoms with Gasteiger partial charge in [0.25, 0.3) is 0 Å². The fourth-order valence-electron chi connectivity index (χ4n) is 3.27. The molecule has 0 atom stereocenters. The molecule has 0 saturated carbocycles. The van der Waals surface area contributed by atoms with Crippen LogP contribution in [0.15, 0.2) is 46.9 Å². The van der Waals surface area contributed by atoms with Crippen LogP contribution >= 0.6 is 0 Å². The second-order valence-corrected chi connectivity index (χ2v) is 8.60. The molecule has 0 spiro atoms. The molecular formula is C19H18F2N2O4S. The van der Waals surface area contributed by atoms with Crippen molar-refractivity contribution in [3.05, 3.63) is 69.3 Å². The molecule has 0 bridgehead atoms. The Morgan fingerprint density at radius 1 is 1.11 bits per heavy atom. The van der Waals surface area contributed by atoms with Gasteiger partial charge >= 0.3 is 5.69 Å². The van der Waals surface area contributed by atoms with Gasteiger partial charge in [0.15, 0.2) is 21.5 Å². The number of nitro groups is 1. The van der Waals surface area contributed by atoms with E-state index in [1.807, 2.05) is 0 Å². The van der Waals surface area contributed by atoms with Gasteiger partial charge in [-0.25, -0.2) is 17.2 Å². The van der Waals surface area contributed by atoms with Crippen molar-refractivity contribution in [1.82, 2.24) is 0 Å². The summed E-state index contributed by atoms with van der Waals surface area (Å²) < 4.78 is 50.2. The zero-order valence-corrected chi connectivity index (χ0v) is 15.9. The second-order valence-electron chi connectivity index (χ2n) is 6.62. The topological polar surface area (TPSA) is 80.5 Å². The fraction of sp³-hybridized carbons (Fsp3) is 0.263. The van der Waals surface area contributed by atoms with E-state index in [2.05, 4.69) is 0 Å². The number of benzene rings is 2. The maximum atomic E-state index is 13.3. The van der Waals surface area contributed by atoms with Crippen molar-refractivity contribution in [2.75, 3.05) is 24.2 Å². The van der Waals surface area contributed by atoms with Gasteiger partial charge < -0.3 is 4.90 Å². The van der Waals surface area contributed by atoms with Gasteiger partial charge in [0.05, 0.1) is 4.92 Å². The number of para-hydroxylation sites is 1. The first-order valence-corrected chi connectivity index (χ1v) is 10.4. The number of anilines is 1. The summed E-state index contributed by atoms with van der Waals surface area (Å²) in [7, 11) is -3.74. The summed E-state index contributed by atoms with van der Waals surface area (Å²) in [5, 5.41) is 11.5. The lowest BCUT2D eigenvalue weighted by atomic mass is 10.00. The Morgan fingerprint density at radius 2 is 1.79 bits per heavy atom. The predicted octanol–water partition coefficient (Wildman–Crippen LogP) is 3.96. The lowest BCUT2D eigenvalue weighted by molar-refractivity contribution is -0.387. The number of halogens is 2. The lowest BCUT2D eigenvalue weighted by Crippen LogP contribution is -2.31. The Balaban J connectivity index is 1.84. The van der Waals surface area contributed by atoms with E-state index in [1.54, 1.807) is 11.0 Å². The summed E-state index contributed by atoms with van der Waals surface area (Å²) in [6.45, 7) is 0.896. The average molecular weight is 408 g/mol. The van der Waals surface area contributed by atoms with Gasteiger partial charge in [-0.2, -0.15) is 0 Å². The number of nitro benzene ring substituents is 1. The minimum absolute atomic E-state index is 0.264. The zero-order valence-electron chi connectivity index (χ0n) is 15.1. The van der Waals surface area contributed by atoms with E-state index in [4.69, 9.17) is 0 Å². The molecule has 28 heavy (non-hydrogen) atoms. The Kier molecular flexibility index (Phi) is 5.46. The summed E-state index contributed by atoms with van der Waals surface area (Å²) in [5.41, 5.74) is 1.40. The van der Waals surface area contributed by atoms with Crippen molar-refractivity contribution in [2.24, 2.45) is 0 Å². The van der Waals surface area contributed by atoms with E-state index >= 15 is 0 Å². The van der Waals surface area contributed by atoms with Crippen LogP contribution in [0.2, 0.25) is 0 Å². The molecule has 3 rings (SSSR count). The number of rotatable bonds is 4. The molecule has 1 heterocycles. The van der Waals surface area contributed by atoms with Crippen molar-refractivity contribution in [3.63, 3.8) is 0 Å². The Hall–Kier alpha value is -2.81. The smallest absolute Gasteiger partial charge is 0.311 e. The van der Waals surface area contributed by atoms with E-state index in [-0.39, 0.29) is 10.6 Å². The van der Waals surface area contributed by atoms with Crippen LogP contribution in [0.1, 0.15) is 18.4 Å². The molecule has 0 N–H and O–H groups in total. The molecule has 1 aliphatic heterocycles. The number of piperidine rings is 1. The highest BCUT2D eigenvalue weighted by atomic mass is 32.2. The molecule has 0 radical (unpaired) electrons. The summed E-state index contributed by atoms with van der Waals surface area (Å²) in [6.07, 6.45) is 3.86. The van der Waals surface area contributed by atoms with E-state index in [0.29, 0.717) is 31.5 Å². The molecule has 6 nitrogen and oxygen atoms in total. The van der Waals surface area contributed by atoms with Crippen molar-refractivity contribution in [3.8, 4) is 0 Å². The Bertz CT molecular complexity index is 1060. The number of sulfone groups is 1. The quantitative estimate of drug-likeness (QED) is 0.565. The van der Waals surface area contributed by atoms with Gasteiger partial charge in [-0.3, -0.25) is 10.1 Å². The van der Waals surface area contributed by atoms with Gasteiger partial charge in [0.2, 0.25) is 0 Å². The highest BCUT2D eigenvalue weighted by molar-refractivity contribution is 7.90. The third kappa shape index (κ3) is 4.19. The Labute approximate surface area is 161 Å². The fourth-order valence-corrected chi connectivity index (χ4v) is 4.12. The number of hydrogen-bond donors (Lipinski definition) is 0. The van der Waals surface area contributed by atoms with Gasteiger partial charge in [-0.05, 0) is 42.7 Å². The van der Waals surface area contributed by atoms with Crippen LogP contribution in [0.3, 0.4) is 0 Å². The first-order valence-electron chi connectivity index (χ1n) is 8.53. The minimum Gasteiger partial charge on any atom is -0.365 e. The second kappa shape index (κ2) is 7.67. The zero-order chi connectivity index (χ0) is 20.5. The Morgan fingerprint density at radius 3 is 2.36 bits per heavy atom. The number of nitrogens with zero attached hydrogens (tertiary/aromatic N) is 2. The van der Waals surface area contributed by atoms with Crippen LogP contribution in [0.4, 0.5) is 20.2 Å². The van der Waals surface area contributed by atoms with Crippen LogP contribution in [-0.2, 0) is 9.84 Å². The first-order chi connectivity index (χ1) is 13.2. The van der Waals surface area contributed by atoms with Gasteiger partial charge in [-0.15, -0.1) is 0 Å². The van der Waals surface area contributed by atoms with E-state index < -0.39 is 32.1 Å². The molecule has 0 aromatic heterocycles. The van der Waals surface area contributed by atoms with E-state index in [0.717, 1.165) is 24.0 Å². The molecule has 1 fully saturated rings. The maximum Gasteiger partial charge on any atom is 0.311 e. The van der Waals surface area contributed by atoms with E-state index in [1.165, 1.54) is 24.3 Å². The molecular weight excluding hydrogens is 390 g/mol. The van der Waals surface area contributed by atoms with Crippen LogP contribution in [0.25, 0.3) is 6.08 Å². The van der Waals surface area contributed by atoms with Crippen LogP contribution in [-0.4, -0.2) is 32.7 Å². The molecule has 0 amide bonds. The molecule has 1 aliphatic rings. The molecule has 2 aromatic rings. The van der Waals surface area contributed by atoms with Crippen LogP contribution in [0.5, 0.6) is 0 Å². The van der Waals surface area contributed by atoms with Crippen molar-refractivity contribution in [2.45, 2.75) is 17.7 Å². The van der Waals surface area contributed by atoms with E-state index in [9.17, 15) is 27.3 Å². The van der Waals surface area contributed by atoms with Crippen LogP contribution < -0.4 is 4.90 Å². The third-order valence-corrected chi connectivity index (χ3v) is 5.75. The SMILES string of the molecule is CS(=O)(=O)c1cccc(N2CCC(=Cc3ccc(F)c(F)c3)CC2)c1[N+](=O)[O-]. The molecule has 2 aromatic carbocycles. The molecule has 0 unspecified atom stereocenters. The summed E-state index contributed by atoms with van der Waals surface area (Å²) >= 11 is 0. The van der Waals surface area contributed by atoms with Crippen molar-refractivity contribution in [1.29, 1.82) is 0 Å². The monoisotopic (exact) mass is 408 g/mol. The minimum atomic E-state index is -3.74. The predicted molar refractivity (Wildman–Crippen MR) is 102 cm³/mol. The number of hydrogen-bond acceptors (Lipinski definition) is 5. The third-order valence-electron chi connectivity index (χ3n) is 4.62. The molecule has 1 saturated heterocycles. The maximum absolute atomic E-state index is 13.3. The van der Waals surface area contributed by atoms with Crippen LogP contribution in [0, 0.1) is 21.7 Å². The molecule has 0 aliphatic carbocycles.